The number of piperidine rings is 1. The van der Waals surface area contributed by atoms with Gasteiger partial charge in [-0.3, -0.25) is 19.3 Å². The van der Waals surface area contributed by atoms with E-state index in [9.17, 15) is 14.4 Å². The Morgan fingerprint density at radius 2 is 1.65 bits per heavy atom. The Bertz CT molecular complexity index is 1140. The number of nitrogens with zero attached hydrogens (tertiary/aromatic N) is 2. The van der Waals surface area contributed by atoms with Crippen LogP contribution in [0.1, 0.15) is 39.3 Å². The van der Waals surface area contributed by atoms with Gasteiger partial charge in [-0.15, -0.1) is 0 Å². The van der Waals surface area contributed by atoms with Crippen LogP contribution in [0.2, 0.25) is 0 Å². The van der Waals surface area contributed by atoms with Crippen LogP contribution < -0.4 is 0 Å². The maximum absolute atomic E-state index is 13.1. The molecule has 3 amide bonds. The number of rotatable bonds is 4. The molecule has 2 aliphatic heterocycles. The topological polar surface area (TPSA) is 70.8 Å². The van der Waals surface area contributed by atoms with Crippen LogP contribution in [0.15, 0.2) is 65.3 Å². The SMILES string of the molecule is O=C(C=Cc1ccco1)N1CCC(CN2C(=O)c3cccc4cccc(c34)C2=O)CC1. The number of likely N-dealkylation sites (tertiary alicyclic amines) is 1. The summed E-state index contributed by atoms with van der Waals surface area (Å²) in [5.41, 5.74) is 1.17. The molecule has 0 unspecified atom stereocenters. The highest BCUT2D eigenvalue weighted by molar-refractivity contribution is 6.25. The highest BCUT2D eigenvalue weighted by atomic mass is 16.3. The van der Waals surface area contributed by atoms with Gasteiger partial charge in [-0.1, -0.05) is 24.3 Å². The van der Waals surface area contributed by atoms with Crippen molar-refractivity contribution in [2.24, 2.45) is 5.92 Å². The molecule has 2 aromatic carbocycles. The molecule has 1 aromatic heterocycles. The fraction of sp³-hybridized carbons (Fsp3) is 0.240. The van der Waals surface area contributed by atoms with Crippen LogP contribution in [0.3, 0.4) is 0 Å². The first-order valence-electron chi connectivity index (χ1n) is 10.5. The van der Waals surface area contributed by atoms with E-state index in [4.69, 9.17) is 4.42 Å². The number of carbonyl (C=O) groups excluding carboxylic acids is 3. The molecule has 0 saturated carbocycles. The van der Waals surface area contributed by atoms with Crippen LogP contribution in [0, 0.1) is 5.92 Å². The van der Waals surface area contributed by atoms with E-state index in [2.05, 4.69) is 0 Å². The van der Waals surface area contributed by atoms with Crippen molar-refractivity contribution in [3.63, 3.8) is 0 Å². The number of benzene rings is 2. The van der Waals surface area contributed by atoms with Crippen molar-refractivity contribution in [3.8, 4) is 0 Å². The van der Waals surface area contributed by atoms with Crippen molar-refractivity contribution in [2.75, 3.05) is 19.6 Å². The van der Waals surface area contributed by atoms with Gasteiger partial charge in [-0.05, 0) is 54.5 Å². The van der Waals surface area contributed by atoms with Crippen LogP contribution in [0.4, 0.5) is 0 Å². The molecule has 0 atom stereocenters. The van der Waals surface area contributed by atoms with E-state index in [-0.39, 0.29) is 23.6 Å². The molecule has 0 aliphatic carbocycles. The van der Waals surface area contributed by atoms with Gasteiger partial charge in [-0.2, -0.15) is 0 Å². The van der Waals surface area contributed by atoms with Crippen LogP contribution in [-0.4, -0.2) is 47.2 Å². The number of hydrogen-bond donors (Lipinski definition) is 0. The van der Waals surface area contributed by atoms with Gasteiger partial charge in [0, 0.05) is 42.2 Å². The normalized spacial score (nSPS) is 17.2. The van der Waals surface area contributed by atoms with E-state index < -0.39 is 0 Å². The Morgan fingerprint density at radius 1 is 0.968 bits per heavy atom. The Morgan fingerprint density at radius 3 is 2.26 bits per heavy atom. The summed E-state index contributed by atoms with van der Waals surface area (Å²) in [6.07, 6.45) is 6.26. The van der Waals surface area contributed by atoms with Gasteiger partial charge < -0.3 is 9.32 Å². The smallest absolute Gasteiger partial charge is 0.261 e. The molecular weight excluding hydrogens is 392 g/mol. The van der Waals surface area contributed by atoms with Crippen molar-refractivity contribution >= 4 is 34.6 Å². The van der Waals surface area contributed by atoms with E-state index in [1.807, 2.05) is 24.3 Å². The molecule has 0 radical (unpaired) electrons. The molecule has 31 heavy (non-hydrogen) atoms. The van der Waals surface area contributed by atoms with E-state index in [1.54, 1.807) is 41.5 Å². The van der Waals surface area contributed by atoms with Crippen LogP contribution in [0.25, 0.3) is 16.8 Å². The molecule has 1 fully saturated rings. The highest BCUT2D eigenvalue weighted by Gasteiger charge is 2.35. The molecule has 0 bridgehead atoms. The maximum atomic E-state index is 13.1. The number of amides is 3. The Labute approximate surface area is 179 Å². The molecule has 0 N–H and O–H groups in total. The number of carbonyl (C=O) groups is 3. The minimum absolute atomic E-state index is 0.0550. The van der Waals surface area contributed by atoms with E-state index in [0.29, 0.717) is 36.5 Å². The van der Waals surface area contributed by atoms with Gasteiger partial charge in [0.05, 0.1) is 6.26 Å². The summed E-state index contributed by atoms with van der Waals surface area (Å²) in [4.78, 5) is 41.8. The van der Waals surface area contributed by atoms with Gasteiger partial charge in [0.25, 0.3) is 11.8 Å². The van der Waals surface area contributed by atoms with Crippen molar-refractivity contribution in [1.29, 1.82) is 0 Å². The molecule has 156 valence electrons. The molecule has 0 spiro atoms. The second-order valence-electron chi connectivity index (χ2n) is 8.05. The second kappa shape index (κ2) is 7.87. The Balaban J connectivity index is 1.25. The lowest BCUT2D eigenvalue weighted by molar-refractivity contribution is -0.127. The van der Waals surface area contributed by atoms with Crippen molar-refractivity contribution in [3.05, 3.63) is 77.8 Å². The predicted molar refractivity (Wildman–Crippen MR) is 116 cm³/mol. The third-order valence-electron chi connectivity index (χ3n) is 6.16. The summed E-state index contributed by atoms with van der Waals surface area (Å²) in [5, 5.41) is 1.66. The number of hydrogen-bond acceptors (Lipinski definition) is 4. The summed E-state index contributed by atoms with van der Waals surface area (Å²) < 4.78 is 5.21. The van der Waals surface area contributed by atoms with Crippen molar-refractivity contribution < 1.29 is 18.8 Å². The fourth-order valence-electron chi connectivity index (χ4n) is 4.49. The second-order valence-corrected chi connectivity index (χ2v) is 8.05. The van der Waals surface area contributed by atoms with Gasteiger partial charge in [0.2, 0.25) is 5.91 Å². The summed E-state index contributed by atoms with van der Waals surface area (Å²) in [6, 6.07) is 14.7. The van der Waals surface area contributed by atoms with Gasteiger partial charge in [0.15, 0.2) is 0 Å². The standard InChI is InChI=1S/C25H22N2O4/c28-22(10-9-19-6-3-15-31-19)26-13-11-17(12-14-26)16-27-24(29)20-7-1-4-18-5-2-8-21(23(18)20)25(27)30/h1-10,15,17H,11-14,16H2. The number of furan rings is 1. The van der Waals surface area contributed by atoms with Crippen LogP contribution in [0.5, 0.6) is 0 Å². The lowest BCUT2D eigenvalue weighted by atomic mass is 9.91. The summed E-state index contributed by atoms with van der Waals surface area (Å²) in [6.45, 7) is 1.59. The first kappa shape index (κ1) is 19.3. The van der Waals surface area contributed by atoms with E-state index in [1.165, 1.54) is 11.0 Å². The zero-order valence-corrected chi connectivity index (χ0v) is 17.0. The summed E-state index contributed by atoms with van der Waals surface area (Å²) >= 11 is 0. The third-order valence-corrected chi connectivity index (χ3v) is 6.16. The average molecular weight is 414 g/mol. The quantitative estimate of drug-likeness (QED) is 0.478. The fourth-order valence-corrected chi connectivity index (χ4v) is 4.49. The molecule has 6 heteroatoms. The average Bonchev–Trinajstić information content (AvgIpc) is 3.33. The minimum atomic E-state index is -0.228. The minimum Gasteiger partial charge on any atom is -0.465 e. The zero-order chi connectivity index (χ0) is 21.4. The lowest BCUT2D eigenvalue weighted by Gasteiger charge is -2.35. The third kappa shape index (κ3) is 3.54. The highest BCUT2D eigenvalue weighted by Crippen LogP contribution is 2.31. The zero-order valence-electron chi connectivity index (χ0n) is 17.0. The molecule has 1 saturated heterocycles. The maximum Gasteiger partial charge on any atom is 0.261 e. The molecular formula is C25H22N2O4. The molecule has 3 aromatic rings. The number of imide groups is 1. The summed E-state index contributed by atoms with van der Waals surface area (Å²) in [5.74, 6) is 0.306. The van der Waals surface area contributed by atoms with Crippen LogP contribution in [-0.2, 0) is 4.79 Å². The monoisotopic (exact) mass is 414 g/mol. The first-order chi connectivity index (χ1) is 15.1. The predicted octanol–water partition coefficient (Wildman–Crippen LogP) is 3.98. The largest absolute Gasteiger partial charge is 0.465 e. The van der Waals surface area contributed by atoms with Crippen LogP contribution >= 0.6 is 0 Å². The Kier molecular flexibility index (Phi) is 4.90. The van der Waals surface area contributed by atoms with Gasteiger partial charge in [0.1, 0.15) is 5.76 Å². The molecule has 3 heterocycles. The molecule has 5 rings (SSSR count). The molecule has 2 aliphatic rings. The molecule has 6 nitrogen and oxygen atoms in total. The van der Waals surface area contributed by atoms with E-state index in [0.717, 1.165) is 23.6 Å². The first-order valence-corrected chi connectivity index (χ1v) is 10.5. The lowest BCUT2D eigenvalue weighted by Crippen LogP contribution is -2.46. The Hall–Kier alpha value is -3.67. The van der Waals surface area contributed by atoms with Gasteiger partial charge in [-0.25, -0.2) is 0 Å². The van der Waals surface area contributed by atoms with Crippen molar-refractivity contribution in [1.82, 2.24) is 9.80 Å². The van der Waals surface area contributed by atoms with E-state index >= 15 is 0 Å². The summed E-state index contributed by atoms with van der Waals surface area (Å²) in [7, 11) is 0. The van der Waals surface area contributed by atoms with Crippen molar-refractivity contribution in [2.45, 2.75) is 12.8 Å². The van der Waals surface area contributed by atoms with Gasteiger partial charge >= 0.3 is 0 Å².